The summed E-state index contributed by atoms with van der Waals surface area (Å²) in [7, 11) is 0. The van der Waals surface area contributed by atoms with Crippen molar-refractivity contribution in [2.45, 2.75) is 25.3 Å². The maximum absolute atomic E-state index is 11.8. The second-order valence-electron chi connectivity index (χ2n) is 5.13. The molecule has 0 spiro atoms. The summed E-state index contributed by atoms with van der Waals surface area (Å²) in [5.41, 5.74) is 5.84. The quantitative estimate of drug-likeness (QED) is 0.839. The number of likely N-dealkylation sites (tertiary alicyclic amines) is 1. The highest BCUT2D eigenvalue weighted by Crippen LogP contribution is 2.32. The van der Waals surface area contributed by atoms with Crippen LogP contribution in [0.1, 0.15) is 29.8 Å². The number of carbonyl (C=O) groups excluding carboxylic acids is 2. The third kappa shape index (κ3) is 2.70. The minimum Gasteiger partial charge on any atom is -0.375 e. The van der Waals surface area contributed by atoms with Gasteiger partial charge in [0.25, 0.3) is 5.91 Å². The Morgan fingerprint density at radius 3 is 3.00 bits per heavy atom. The zero-order valence-electron chi connectivity index (χ0n) is 10.5. The normalized spacial score (nSPS) is 22.8. The Kier molecular flexibility index (Phi) is 3.14. The number of amides is 2. The zero-order chi connectivity index (χ0) is 13.4. The molecule has 1 aliphatic carbocycles. The lowest BCUT2D eigenvalue weighted by atomic mass is 10.1. The average molecular weight is 280 g/mol. The molecule has 1 aliphatic heterocycles. The second kappa shape index (κ2) is 4.80. The number of aromatic nitrogens is 1. The van der Waals surface area contributed by atoms with Gasteiger partial charge < -0.3 is 16.0 Å². The van der Waals surface area contributed by atoms with E-state index in [1.54, 1.807) is 5.38 Å². The Hall–Kier alpha value is -1.63. The van der Waals surface area contributed by atoms with Crippen molar-refractivity contribution in [1.29, 1.82) is 0 Å². The summed E-state index contributed by atoms with van der Waals surface area (Å²) in [5, 5.41) is 4.86. The number of anilines is 1. The third-order valence-corrected chi connectivity index (χ3v) is 4.21. The van der Waals surface area contributed by atoms with Crippen LogP contribution in [0.25, 0.3) is 0 Å². The molecule has 2 amide bonds. The monoisotopic (exact) mass is 280 g/mol. The molecular formula is C12H16N4O2S. The molecule has 7 heteroatoms. The first-order chi connectivity index (χ1) is 9.13. The second-order valence-corrected chi connectivity index (χ2v) is 6.02. The van der Waals surface area contributed by atoms with E-state index in [0.29, 0.717) is 29.8 Å². The van der Waals surface area contributed by atoms with Crippen molar-refractivity contribution in [2.24, 2.45) is 5.92 Å². The summed E-state index contributed by atoms with van der Waals surface area (Å²) in [6.07, 6.45) is 2.79. The van der Waals surface area contributed by atoms with E-state index in [4.69, 9.17) is 5.73 Å². The summed E-state index contributed by atoms with van der Waals surface area (Å²) in [6, 6.07) is 0.464. The lowest BCUT2D eigenvalue weighted by Crippen LogP contribution is -2.32. The smallest absolute Gasteiger partial charge is 0.270 e. The lowest BCUT2D eigenvalue weighted by molar-refractivity contribution is -0.128. The van der Waals surface area contributed by atoms with Crippen molar-refractivity contribution in [3.8, 4) is 0 Å². The SMILES string of the molecule is Nc1nc(C(=O)NC[C@@H]2CC(=O)N(C3CC3)C2)cs1. The van der Waals surface area contributed by atoms with Crippen LogP contribution >= 0.6 is 11.3 Å². The number of rotatable bonds is 4. The molecule has 1 atom stereocenters. The Morgan fingerprint density at radius 1 is 1.58 bits per heavy atom. The number of hydrogen-bond acceptors (Lipinski definition) is 5. The van der Waals surface area contributed by atoms with Crippen LogP contribution in [0.3, 0.4) is 0 Å². The Labute approximate surface area is 115 Å². The van der Waals surface area contributed by atoms with Crippen LogP contribution in [-0.2, 0) is 4.79 Å². The van der Waals surface area contributed by atoms with Crippen LogP contribution in [0.4, 0.5) is 5.13 Å². The molecule has 0 unspecified atom stereocenters. The molecule has 6 nitrogen and oxygen atoms in total. The fraction of sp³-hybridized carbons (Fsp3) is 0.583. The fourth-order valence-corrected chi connectivity index (χ4v) is 2.95. The molecule has 0 bridgehead atoms. The van der Waals surface area contributed by atoms with Crippen molar-refractivity contribution < 1.29 is 9.59 Å². The first-order valence-corrected chi connectivity index (χ1v) is 7.30. The first-order valence-electron chi connectivity index (χ1n) is 6.42. The van der Waals surface area contributed by atoms with E-state index in [0.717, 1.165) is 19.4 Å². The van der Waals surface area contributed by atoms with Crippen molar-refractivity contribution in [3.05, 3.63) is 11.1 Å². The number of hydrogen-bond donors (Lipinski definition) is 2. The van der Waals surface area contributed by atoms with Gasteiger partial charge in [0.05, 0.1) is 0 Å². The highest BCUT2D eigenvalue weighted by atomic mass is 32.1. The van der Waals surface area contributed by atoms with E-state index in [1.807, 2.05) is 4.90 Å². The van der Waals surface area contributed by atoms with Crippen LogP contribution in [-0.4, -0.2) is 40.8 Å². The minimum atomic E-state index is -0.217. The van der Waals surface area contributed by atoms with Gasteiger partial charge in [0.1, 0.15) is 5.69 Å². The minimum absolute atomic E-state index is 0.216. The molecule has 3 N–H and O–H groups in total. The maximum Gasteiger partial charge on any atom is 0.270 e. The van der Waals surface area contributed by atoms with E-state index in [-0.39, 0.29) is 17.7 Å². The topological polar surface area (TPSA) is 88.3 Å². The molecule has 1 saturated carbocycles. The van der Waals surface area contributed by atoms with Gasteiger partial charge in [-0.15, -0.1) is 11.3 Å². The lowest BCUT2D eigenvalue weighted by Gasteiger charge is -2.15. The number of nitrogens with two attached hydrogens (primary N) is 1. The summed E-state index contributed by atoms with van der Waals surface area (Å²) in [4.78, 5) is 29.5. The van der Waals surface area contributed by atoms with Crippen LogP contribution in [0.2, 0.25) is 0 Å². The largest absolute Gasteiger partial charge is 0.375 e. The number of nitrogens with one attached hydrogen (secondary N) is 1. The molecule has 1 aromatic rings. The molecule has 102 valence electrons. The summed E-state index contributed by atoms with van der Waals surface area (Å²) >= 11 is 1.25. The predicted molar refractivity (Wildman–Crippen MR) is 71.7 cm³/mol. The fourth-order valence-electron chi connectivity index (χ4n) is 2.40. The van der Waals surface area contributed by atoms with Crippen LogP contribution in [0.5, 0.6) is 0 Å². The van der Waals surface area contributed by atoms with Crippen molar-refractivity contribution in [2.75, 3.05) is 18.8 Å². The Balaban J connectivity index is 1.50. The Bertz CT molecular complexity index is 512. The molecule has 1 aromatic heterocycles. The highest BCUT2D eigenvalue weighted by molar-refractivity contribution is 7.13. The van der Waals surface area contributed by atoms with Crippen molar-refractivity contribution in [1.82, 2.24) is 15.2 Å². The van der Waals surface area contributed by atoms with Gasteiger partial charge in [0.2, 0.25) is 5.91 Å². The van der Waals surface area contributed by atoms with Gasteiger partial charge in [-0.3, -0.25) is 9.59 Å². The molecule has 2 heterocycles. The highest BCUT2D eigenvalue weighted by Gasteiger charge is 2.39. The average Bonchev–Trinajstić information content (AvgIpc) is 3.03. The molecule has 3 rings (SSSR count). The van der Waals surface area contributed by atoms with Crippen LogP contribution < -0.4 is 11.1 Å². The number of thiazole rings is 1. The van der Waals surface area contributed by atoms with Gasteiger partial charge in [-0.05, 0) is 12.8 Å². The van der Waals surface area contributed by atoms with Crippen LogP contribution in [0, 0.1) is 5.92 Å². The molecule has 0 radical (unpaired) electrons. The van der Waals surface area contributed by atoms with E-state index in [2.05, 4.69) is 10.3 Å². The van der Waals surface area contributed by atoms with Gasteiger partial charge >= 0.3 is 0 Å². The van der Waals surface area contributed by atoms with E-state index < -0.39 is 0 Å². The van der Waals surface area contributed by atoms with Crippen molar-refractivity contribution >= 4 is 28.3 Å². The summed E-state index contributed by atoms with van der Waals surface area (Å²) in [6.45, 7) is 1.29. The third-order valence-electron chi connectivity index (χ3n) is 3.53. The van der Waals surface area contributed by atoms with Gasteiger partial charge in [-0.2, -0.15) is 0 Å². The van der Waals surface area contributed by atoms with Gasteiger partial charge in [-0.1, -0.05) is 0 Å². The number of nitrogen functional groups attached to an aromatic ring is 1. The van der Waals surface area contributed by atoms with Gasteiger partial charge in [0, 0.05) is 36.9 Å². The predicted octanol–water partition coefficient (Wildman–Crippen LogP) is 0.466. The molecule has 2 fully saturated rings. The van der Waals surface area contributed by atoms with Crippen molar-refractivity contribution in [3.63, 3.8) is 0 Å². The van der Waals surface area contributed by atoms with Gasteiger partial charge in [0.15, 0.2) is 5.13 Å². The first kappa shape index (κ1) is 12.4. The summed E-state index contributed by atoms with van der Waals surface area (Å²) < 4.78 is 0. The molecule has 0 aromatic carbocycles. The molecular weight excluding hydrogens is 264 g/mol. The van der Waals surface area contributed by atoms with Crippen LogP contribution in [0.15, 0.2) is 5.38 Å². The number of nitrogens with zero attached hydrogens (tertiary/aromatic N) is 2. The zero-order valence-corrected chi connectivity index (χ0v) is 11.3. The van der Waals surface area contributed by atoms with Gasteiger partial charge in [-0.25, -0.2) is 4.98 Å². The maximum atomic E-state index is 11.8. The van der Waals surface area contributed by atoms with E-state index in [9.17, 15) is 9.59 Å². The Morgan fingerprint density at radius 2 is 2.37 bits per heavy atom. The molecule has 2 aliphatic rings. The number of carbonyl (C=O) groups is 2. The summed E-state index contributed by atoms with van der Waals surface area (Å²) in [5.74, 6) is 0.220. The van der Waals surface area contributed by atoms with E-state index >= 15 is 0 Å². The van der Waals surface area contributed by atoms with E-state index in [1.165, 1.54) is 11.3 Å². The molecule has 1 saturated heterocycles. The standard InChI is InChI=1S/C12H16N4O2S/c13-12-15-9(6-19-12)11(18)14-4-7-3-10(17)16(5-7)8-1-2-8/h6-8H,1-5H2,(H2,13,15)(H,14,18)/t7-/m0/s1. The molecule has 19 heavy (non-hydrogen) atoms.